The van der Waals surface area contributed by atoms with E-state index >= 15 is 0 Å². The van der Waals surface area contributed by atoms with Gasteiger partial charge >= 0.3 is 6.18 Å². The van der Waals surface area contributed by atoms with E-state index in [1.165, 1.54) is 25.3 Å². The van der Waals surface area contributed by atoms with Crippen LogP contribution in [0.15, 0.2) is 54.7 Å². The fourth-order valence-electron chi connectivity index (χ4n) is 2.22. The first kappa shape index (κ1) is 18.3. The number of nitrogens with one attached hydrogen (secondary N) is 2. The van der Waals surface area contributed by atoms with Crippen LogP contribution in [0.2, 0.25) is 0 Å². The summed E-state index contributed by atoms with van der Waals surface area (Å²) in [5, 5.41) is 13.5. The van der Waals surface area contributed by atoms with Crippen molar-refractivity contribution < 1.29 is 18.0 Å². The van der Waals surface area contributed by atoms with E-state index < -0.39 is 11.7 Å². The van der Waals surface area contributed by atoms with E-state index in [0.29, 0.717) is 22.8 Å². The minimum atomic E-state index is -4.38. The Bertz CT molecular complexity index is 940. The second-order valence-corrected chi connectivity index (χ2v) is 5.62. The Hall–Kier alpha value is -3.49. The summed E-state index contributed by atoms with van der Waals surface area (Å²) in [5.41, 5.74) is 0.941. The zero-order valence-electron chi connectivity index (χ0n) is 14.1. The standard InChI is InChI=1S/C18H14F3N5O/c1-11(27)12-2-6-15(7-3-12)24-17-25-16(10-22-26-17)23-14-8-4-13(5-9-14)18(19,20)21/h2-10H,1H3,(H2,23,24,25,26). The SMILES string of the molecule is CC(=O)c1ccc(Nc2nncc(Nc3ccc(C(F)(F)F)cc3)n2)cc1. The van der Waals surface area contributed by atoms with E-state index in [2.05, 4.69) is 25.8 Å². The molecule has 2 N–H and O–H groups in total. The first-order chi connectivity index (χ1) is 12.8. The van der Waals surface area contributed by atoms with Crippen LogP contribution in [0, 0.1) is 0 Å². The van der Waals surface area contributed by atoms with Crippen LogP contribution in [-0.4, -0.2) is 21.0 Å². The number of hydrogen-bond acceptors (Lipinski definition) is 6. The molecule has 0 aliphatic heterocycles. The number of Topliss-reactive ketones (excluding diaryl/α,β-unsaturated/α-hetero) is 1. The highest BCUT2D eigenvalue weighted by Gasteiger charge is 2.29. The van der Waals surface area contributed by atoms with Gasteiger partial charge in [-0.25, -0.2) is 0 Å². The molecule has 3 rings (SSSR count). The van der Waals surface area contributed by atoms with Crippen molar-refractivity contribution in [2.45, 2.75) is 13.1 Å². The van der Waals surface area contributed by atoms with Crippen LogP contribution in [0.5, 0.6) is 0 Å². The number of alkyl halides is 3. The van der Waals surface area contributed by atoms with Crippen molar-refractivity contribution in [3.8, 4) is 0 Å². The molecule has 0 radical (unpaired) electrons. The Morgan fingerprint density at radius 3 is 2.11 bits per heavy atom. The van der Waals surface area contributed by atoms with Gasteiger partial charge in [-0.3, -0.25) is 4.79 Å². The van der Waals surface area contributed by atoms with Gasteiger partial charge in [0.1, 0.15) is 0 Å². The highest BCUT2D eigenvalue weighted by molar-refractivity contribution is 5.94. The summed E-state index contributed by atoms with van der Waals surface area (Å²) >= 11 is 0. The lowest BCUT2D eigenvalue weighted by Crippen LogP contribution is -2.05. The minimum Gasteiger partial charge on any atom is -0.339 e. The largest absolute Gasteiger partial charge is 0.416 e. The van der Waals surface area contributed by atoms with Crippen LogP contribution >= 0.6 is 0 Å². The molecule has 0 bridgehead atoms. The van der Waals surface area contributed by atoms with E-state index in [-0.39, 0.29) is 11.7 Å². The van der Waals surface area contributed by atoms with Gasteiger partial charge in [0, 0.05) is 16.9 Å². The molecule has 0 atom stereocenters. The number of rotatable bonds is 5. The molecule has 6 nitrogen and oxygen atoms in total. The van der Waals surface area contributed by atoms with Gasteiger partial charge in [0.25, 0.3) is 0 Å². The fourth-order valence-corrected chi connectivity index (χ4v) is 2.22. The van der Waals surface area contributed by atoms with Gasteiger partial charge < -0.3 is 10.6 Å². The quantitative estimate of drug-likeness (QED) is 0.637. The molecule has 0 spiro atoms. The lowest BCUT2D eigenvalue weighted by Gasteiger charge is -2.10. The molecule has 0 aliphatic rings. The maximum atomic E-state index is 12.6. The molecule has 2 aromatic carbocycles. The van der Waals surface area contributed by atoms with Crippen molar-refractivity contribution in [1.29, 1.82) is 0 Å². The van der Waals surface area contributed by atoms with E-state index in [0.717, 1.165) is 12.1 Å². The van der Waals surface area contributed by atoms with Crippen molar-refractivity contribution in [3.05, 3.63) is 65.9 Å². The summed E-state index contributed by atoms with van der Waals surface area (Å²) in [4.78, 5) is 15.5. The molecule has 0 saturated carbocycles. The zero-order valence-corrected chi connectivity index (χ0v) is 14.1. The fraction of sp³-hybridized carbons (Fsp3) is 0.111. The Morgan fingerprint density at radius 1 is 0.926 bits per heavy atom. The molecule has 0 fully saturated rings. The smallest absolute Gasteiger partial charge is 0.339 e. The lowest BCUT2D eigenvalue weighted by molar-refractivity contribution is -0.137. The van der Waals surface area contributed by atoms with Crippen molar-refractivity contribution in [2.24, 2.45) is 0 Å². The van der Waals surface area contributed by atoms with Crippen LogP contribution in [0.4, 0.5) is 36.3 Å². The summed E-state index contributed by atoms with van der Waals surface area (Å²) < 4.78 is 37.8. The monoisotopic (exact) mass is 373 g/mol. The number of anilines is 4. The molecule has 1 heterocycles. The Morgan fingerprint density at radius 2 is 1.52 bits per heavy atom. The maximum Gasteiger partial charge on any atom is 0.416 e. The molecule has 1 aromatic heterocycles. The van der Waals surface area contributed by atoms with Gasteiger partial charge in [0.05, 0.1) is 11.8 Å². The molecule has 27 heavy (non-hydrogen) atoms. The maximum absolute atomic E-state index is 12.6. The summed E-state index contributed by atoms with van der Waals surface area (Å²) in [5.74, 6) is 0.470. The second-order valence-electron chi connectivity index (χ2n) is 5.62. The van der Waals surface area contributed by atoms with Gasteiger partial charge in [0.15, 0.2) is 11.6 Å². The van der Waals surface area contributed by atoms with Crippen molar-refractivity contribution in [3.63, 3.8) is 0 Å². The predicted molar refractivity (Wildman–Crippen MR) is 94.3 cm³/mol. The average Bonchev–Trinajstić information content (AvgIpc) is 2.62. The van der Waals surface area contributed by atoms with Gasteiger partial charge in [-0.2, -0.15) is 23.3 Å². The second kappa shape index (κ2) is 7.40. The van der Waals surface area contributed by atoms with E-state index in [1.807, 2.05) is 0 Å². The first-order valence-corrected chi connectivity index (χ1v) is 7.83. The Balaban J connectivity index is 1.71. The van der Waals surface area contributed by atoms with Gasteiger partial charge in [-0.05, 0) is 55.5 Å². The summed E-state index contributed by atoms with van der Waals surface area (Å²) in [6.07, 6.45) is -3.04. The van der Waals surface area contributed by atoms with Crippen LogP contribution in [-0.2, 0) is 6.18 Å². The number of hydrogen-bond donors (Lipinski definition) is 2. The predicted octanol–water partition coefficient (Wildman–Crippen LogP) is 4.58. The van der Waals surface area contributed by atoms with Gasteiger partial charge in [-0.15, -0.1) is 5.10 Å². The average molecular weight is 373 g/mol. The molecule has 3 aromatic rings. The normalized spacial score (nSPS) is 11.1. The number of benzene rings is 2. The van der Waals surface area contributed by atoms with Gasteiger partial charge in [-0.1, -0.05) is 0 Å². The van der Waals surface area contributed by atoms with E-state index in [9.17, 15) is 18.0 Å². The molecular weight excluding hydrogens is 359 g/mol. The summed E-state index contributed by atoms with van der Waals surface area (Å²) in [6.45, 7) is 1.48. The highest BCUT2D eigenvalue weighted by atomic mass is 19.4. The molecule has 138 valence electrons. The highest BCUT2D eigenvalue weighted by Crippen LogP contribution is 2.30. The molecule has 0 saturated heterocycles. The third kappa shape index (κ3) is 4.78. The molecule has 0 amide bonds. The topological polar surface area (TPSA) is 79.8 Å². The number of carbonyl (C=O) groups excluding carboxylic acids is 1. The zero-order chi connectivity index (χ0) is 19.4. The van der Waals surface area contributed by atoms with Crippen LogP contribution < -0.4 is 10.6 Å². The van der Waals surface area contributed by atoms with Gasteiger partial charge in [0.2, 0.25) is 5.95 Å². The Labute approximate surface area is 152 Å². The number of carbonyl (C=O) groups is 1. The van der Waals surface area contributed by atoms with Crippen LogP contribution in [0.3, 0.4) is 0 Å². The summed E-state index contributed by atoms with van der Waals surface area (Å²) in [7, 11) is 0. The number of aromatic nitrogens is 3. The van der Waals surface area contributed by atoms with E-state index in [4.69, 9.17) is 0 Å². The third-order valence-corrected chi connectivity index (χ3v) is 3.59. The Kier molecular flexibility index (Phi) is 5.02. The van der Waals surface area contributed by atoms with E-state index in [1.54, 1.807) is 24.3 Å². The molecule has 0 unspecified atom stereocenters. The first-order valence-electron chi connectivity index (χ1n) is 7.83. The number of nitrogens with zero attached hydrogens (tertiary/aromatic N) is 3. The van der Waals surface area contributed by atoms with Crippen molar-refractivity contribution >= 4 is 28.9 Å². The number of halogens is 3. The van der Waals surface area contributed by atoms with Crippen LogP contribution in [0.25, 0.3) is 0 Å². The van der Waals surface area contributed by atoms with Crippen molar-refractivity contribution in [1.82, 2.24) is 15.2 Å². The molecular formula is C18H14F3N5O. The van der Waals surface area contributed by atoms with Crippen LogP contribution in [0.1, 0.15) is 22.8 Å². The minimum absolute atomic E-state index is 0.0396. The van der Waals surface area contributed by atoms with Crippen molar-refractivity contribution in [2.75, 3.05) is 10.6 Å². The lowest BCUT2D eigenvalue weighted by atomic mass is 10.1. The molecule has 0 aliphatic carbocycles. The summed E-state index contributed by atoms with van der Waals surface area (Å²) in [6, 6.07) is 11.3. The third-order valence-electron chi connectivity index (χ3n) is 3.59. The number of ketones is 1. The molecule has 9 heteroatoms.